The van der Waals surface area contributed by atoms with Crippen molar-refractivity contribution in [2.24, 2.45) is 0 Å². The number of hydrogen-bond acceptors (Lipinski definition) is 8. The molecule has 0 amide bonds. The molecule has 8 nitrogen and oxygen atoms in total. The third kappa shape index (κ3) is 14.9. The molecule has 0 bridgehead atoms. The van der Waals surface area contributed by atoms with Crippen molar-refractivity contribution >= 4 is 11.9 Å². The van der Waals surface area contributed by atoms with Crippen molar-refractivity contribution in [1.29, 1.82) is 0 Å². The van der Waals surface area contributed by atoms with Gasteiger partial charge in [-0.05, 0) is 68.2 Å². The molecule has 2 saturated heterocycles. The van der Waals surface area contributed by atoms with Gasteiger partial charge in [0.2, 0.25) is 0 Å². The van der Waals surface area contributed by atoms with Gasteiger partial charge in [-0.15, -0.1) is 0 Å². The van der Waals surface area contributed by atoms with E-state index in [0.717, 1.165) is 12.8 Å². The van der Waals surface area contributed by atoms with Crippen molar-refractivity contribution in [2.45, 2.75) is 232 Å². The number of ether oxygens (including phenoxy) is 2. The average molecular weight is 681 g/mol. The van der Waals surface area contributed by atoms with E-state index in [9.17, 15) is 9.59 Å². The smallest absolute Gasteiger partial charge is 0.306 e. The molecule has 0 atom stereocenters. The van der Waals surface area contributed by atoms with Gasteiger partial charge in [-0.2, -0.15) is 10.1 Å². The van der Waals surface area contributed by atoms with Crippen LogP contribution in [0.3, 0.4) is 0 Å². The van der Waals surface area contributed by atoms with Gasteiger partial charge in [-0.25, -0.2) is 0 Å². The summed E-state index contributed by atoms with van der Waals surface area (Å²) in [5, 5.41) is 4.27. The molecule has 2 aliphatic rings. The molecular formula is C40H76N2O6. The van der Waals surface area contributed by atoms with E-state index in [-0.39, 0.29) is 59.1 Å². The van der Waals surface area contributed by atoms with Gasteiger partial charge in [-0.1, -0.05) is 90.9 Å². The van der Waals surface area contributed by atoms with Crippen LogP contribution in [0.15, 0.2) is 0 Å². The Morgan fingerprint density at radius 3 is 1.04 bits per heavy atom. The largest absolute Gasteiger partial charge is 0.462 e. The standard InChI is InChI=1S/C40H76N2O6/c1-11-13-15-17-19-21-23-27-45-41-37(3,4)29-33(30-38(41,5)6)47-35(43)25-26-36(44)48-34-31-39(7,8)42(40(9,10)32-34)46-28-24-22-20-18-16-14-12-2/h33-34H,11-32H2,1-10H3. The molecule has 0 aromatic carbocycles. The van der Waals surface area contributed by atoms with Crippen molar-refractivity contribution < 1.29 is 28.7 Å². The second-order valence-corrected chi connectivity index (χ2v) is 17.3. The molecule has 282 valence electrons. The fraction of sp³-hybridized carbons (Fsp3) is 0.950. The van der Waals surface area contributed by atoms with Gasteiger partial charge in [0, 0.05) is 47.8 Å². The Balaban J connectivity index is 1.74. The first kappa shape index (κ1) is 42.9. The maximum atomic E-state index is 12.9. The summed E-state index contributed by atoms with van der Waals surface area (Å²) < 4.78 is 11.9. The number of unbranched alkanes of at least 4 members (excludes halogenated alkanes) is 12. The molecule has 48 heavy (non-hydrogen) atoms. The monoisotopic (exact) mass is 681 g/mol. The minimum atomic E-state index is -0.338. The minimum absolute atomic E-state index is 0.0296. The van der Waals surface area contributed by atoms with Crippen LogP contribution in [0.2, 0.25) is 0 Å². The maximum Gasteiger partial charge on any atom is 0.306 e. The summed E-state index contributed by atoms with van der Waals surface area (Å²) in [4.78, 5) is 38.5. The van der Waals surface area contributed by atoms with Crippen molar-refractivity contribution in [3.8, 4) is 0 Å². The maximum absolute atomic E-state index is 12.9. The van der Waals surface area contributed by atoms with Crippen LogP contribution in [-0.4, -0.2) is 69.6 Å². The highest BCUT2D eigenvalue weighted by molar-refractivity contribution is 5.77. The average Bonchev–Trinajstić information content (AvgIpc) is 2.95. The van der Waals surface area contributed by atoms with E-state index in [1.165, 1.54) is 77.0 Å². The first-order valence-electron chi connectivity index (χ1n) is 19.8. The highest BCUT2D eigenvalue weighted by Gasteiger charge is 2.49. The van der Waals surface area contributed by atoms with Crippen molar-refractivity contribution in [3.63, 3.8) is 0 Å². The Hall–Kier alpha value is -1.22. The van der Waals surface area contributed by atoms with Crippen molar-refractivity contribution in [1.82, 2.24) is 10.1 Å². The zero-order valence-corrected chi connectivity index (χ0v) is 33.1. The lowest BCUT2D eigenvalue weighted by Crippen LogP contribution is -2.62. The quantitative estimate of drug-likeness (QED) is 0.0780. The molecule has 2 rings (SSSR count). The molecule has 2 heterocycles. The summed E-state index contributed by atoms with van der Waals surface area (Å²) in [5.74, 6) is -0.675. The second-order valence-electron chi connectivity index (χ2n) is 17.3. The topological polar surface area (TPSA) is 77.5 Å². The first-order valence-corrected chi connectivity index (χ1v) is 19.8. The summed E-state index contributed by atoms with van der Waals surface area (Å²) >= 11 is 0. The van der Waals surface area contributed by atoms with Crippen LogP contribution in [0.25, 0.3) is 0 Å². The molecule has 0 N–H and O–H groups in total. The van der Waals surface area contributed by atoms with Gasteiger partial charge in [0.25, 0.3) is 0 Å². The number of piperidine rings is 2. The highest BCUT2D eigenvalue weighted by atomic mass is 16.7. The van der Waals surface area contributed by atoms with Gasteiger partial charge in [-0.3, -0.25) is 19.3 Å². The Kier molecular flexibility index (Phi) is 18.4. The van der Waals surface area contributed by atoms with Crippen molar-refractivity contribution in [3.05, 3.63) is 0 Å². The lowest BCUT2D eigenvalue weighted by molar-refractivity contribution is -0.294. The van der Waals surface area contributed by atoms with E-state index >= 15 is 0 Å². The molecule has 2 aliphatic heterocycles. The van der Waals surface area contributed by atoms with Gasteiger partial charge >= 0.3 is 11.9 Å². The van der Waals surface area contributed by atoms with Crippen LogP contribution in [0.1, 0.15) is 198 Å². The van der Waals surface area contributed by atoms with E-state index in [4.69, 9.17) is 19.1 Å². The number of carbonyl (C=O) groups is 2. The lowest BCUT2D eigenvalue weighted by atomic mass is 9.80. The summed E-state index contributed by atoms with van der Waals surface area (Å²) in [6, 6.07) is 0. The molecule has 0 aromatic heterocycles. The molecule has 0 aliphatic carbocycles. The van der Waals surface area contributed by atoms with Crippen LogP contribution in [-0.2, 0) is 28.7 Å². The van der Waals surface area contributed by atoms with Crippen LogP contribution in [0, 0.1) is 0 Å². The van der Waals surface area contributed by atoms with Crippen LogP contribution < -0.4 is 0 Å². The van der Waals surface area contributed by atoms with Crippen LogP contribution in [0.5, 0.6) is 0 Å². The highest BCUT2D eigenvalue weighted by Crippen LogP contribution is 2.41. The Bertz CT molecular complexity index is 823. The van der Waals surface area contributed by atoms with Crippen molar-refractivity contribution in [2.75, 3.05) is 13.2 Å². The predicted molar refractivity (Wildman–Crippen MR) is 195 cm³/mol. The molecule has 8 heteroatoms. The Morgan fingerprint density at radius 2 is 0.750 bits per heavy atom. The molecule has 0 unspecified atom stereocenters. The fourth-order valence-corrected chi connectivity index (χ4v) is 8.33. The van der Waals surface area contributed by atoms with E-state index in [0.29, 0.717) is 38.9 Å². The number of hydroxylamine groups is 4. The fourth-order valence-electron chi connectivity index (χ4n) is 8.33. The molecule has 2 fully saturated rings. The number of carbonyl (C=O) groups excluding carboxylic acids is 2. The van der Waals surface area contributed by atoms with E-state index < -0.39 is 0 Å². The number of esters is 2. The van der Waals surface area contributed by atoms with Gasteiger partial charge in [0.1, 0.15) is 12.2 Å². The summed E-state index contributed by atoms with van der Waals surface area (Å²) in [6.45, 7) is 23.2. The van der Waals surface area contributed by atoms with E-state index in [1.54, 1.807) is 0 Å². The Labute approximate surface area is 295 Å². The van der Waals surface area contributed by atoms with Crippen LogP contribution >= 0.6 is 0 Å². The minimum Gasteiger partial charge on any atom is -0.462 e. The van der Waals surface area contributed by atoms with E-state index in [1.807, 2.05) is 0 Å². The van der Waals surface area contributed by atoms with Gasteiger partial charge < -0.3 is 9.47 Å². The van der Waals surface area contributed by atoms with Gasteiger partial charge in [0.15, 0.2) is 0 Å². The lowest BCUT2D eigenvalue weighted by Gasteiger charge is -2.53. The van der Waals surface area contributed by atoms with E-state index in [2.05, 4.69) is 79.4 Å². The Morgan fingerprint density at radius 1 is 0.479 bits per heavy atom. The first-order chi connectivity index (χ1) is 22.5. The zero-order chi connectivity index (χ0) is 35.8. The third-order valence-electron chi connectivity index (χ3n) is 10.2. The molecule has 0 saturated carbocycles. The predicted octanol–water partition coefficient (Wildman–Crippen LogP) is 10.3. The summed E-state index contributed by atoms with van der Waals surface area (Å²) in [7, 11) is 0. The summed E-state index contributed by atoms with van der Waals surface area (Å²) in [6.07, 6.45) is 19.9. The second kappa shape index (κ2) is 20.6. The molecular weight excluding hydrogens is 604 g/mol. The summed E-state index contributed by atoms with van der Waals surface area (Å²) in [5.41, 5.74) is -1.11. The molecule has 0 radical (unpaired) electrons. The molecule has 0 aromatic rings. The third-order valence-corrected chi connectivity index (χ3v) is 10.2. The number of nitrogens with zero attached hydrogens (tertiary/aromatic N) is 2. The SMILES string of the molecule is CCCCCCCCCON1C(C)(C)CC(OC(=O)CCC(=O)OC2CC(C)(C)N(OCCCCCCCCC)C(C)(C)C2)CC1(C)C. The van der Waals surface area contributed by atoms with Gasteiger partial charge in [0.05, 0.1) is 26.1 Å². The van der Waals surface area contributed by atoms with Crippen LogP contribution in [0.4, 0.5) is 0 Å². The molecule has 0 spiro atoms. The number of rotatable bonds is 23. The zero-order valence-electron chi connectivity index (χ0n) is 33.1. The normalized spacial score (nSPS) is 21.3. The number of hydrogen-bond donors (Lipinski definition) is 0.